The molecule has 0 bridgehead atoms. The van der Waals surface area contributed by atoms with Gasteiger partial charge in [0.2, 0.25) is 0 Å². The van der Waals surface area contributed by atoms with Crippen LogP contribution in [0.5, 0.6) is 0 Å². The maximum atomic E-state index is 11.9. The van der Waals surface area contributed by atoms with Gasteiger partial charge in [0.15, 0.2) is 0 Å². The van der Waals surface area contributed by atoms with Gasteiger partial charge in [0.25, 0.3) is 5.91 Å². The van der Waals surface area contributed by atoms with Crippen LogP contribution in [0.15, 0.2) is 24.4 Å². The second-order valence-corrected chi connectivity index (χ2v) is 4.45. The predicted octanol–water partition coefficient (Wildman–Crippen LogP) is 1.88. The van der Waals surface area contributed by atoms with Gasteiger partial charge < -0.3 is 11.1 Å². The standard InChI is InChI=1S/C12H13ClN4O/c1-7-2-8(4-10(13)3-7)12(18)15-5-9-6-16-17-11(9)14/h2-4,6H,5H2,1H3,(H,15,18)(H3,14,16,17). The third kappa shape index (κ3) is 2.81. The number of aromatic amines is 1. The number of carbonyl (C=O) groups is 1. The number of halogens is 1. The number of H-pyrrole nitrogens is 1. The summed E-state index contributed by atoms with van der Waals surface area (Å²) in [5, 5.41) is 9.69. The SMILES string of the molecule is Cc1cc(Cl)cc(C(=O)NCc2cn[nH]c2N)c1. The summed E-state index contributed by atoms with van der Waals surface area (Å²) in [4.78, 5) is 11.9. The molecule has 2 aromatic rings. The molecule has 1 amide bonds. The molecule has 18 heavy (non-hydrogen) atoms. The van der Waals surface area contributed by atoms with Crippen LogP contribution in [-0.2, 0) is 6.54 Å². The Morgan fingerprint density at radius 3 is 2.89 bits per heavy atom. The molecule has 5 nitrogen and oxygen atoms in total. The van der Waals surface area contributed by atoms with Crippen LogP contribution in [0.1, 0.15) is 21.5 Å². The molecule has 0 atom stereocenters. The second kappa shape index (κ2) is 5.10. The number of anilines is 1. The van der Waals surface area contributed by atoms with Crippen LogP contribution in [0.2, 0.25) is 5.02 Å². The highest BCUT2D eigenvalue weighted by Crippen LogP contribution is 2.14. The molecule has 0 unspecified atom stereocenters. The number of nitrogen functional groups attached to an aromatic ring is 1. The highest BCUT2D eigenvalue weighted by Gasteiger charge is 2.08. The van der Waals surface area contributed by atoms with E-state index in [1.54, 1.807) is 24.4 Å². The van der Waals surface area contributed by atoms with Crippen molar-refractivity contribution in [1.82, 2.24) is 15.5 Å². The largest absolute Gasteiger partial charge is 0.384 e. The van der Waals surface area contributed by atoms with Gasteiger partial charge in [0.05, 0.1) is 6.20 Å². The second-order valence-electron chi connectivity index (χ2n) is 4.01. The monoisotopic (exact) mass is 264 g/mol. The number of carbonyl (C=O) groups excluding carboxylic acids is 1. The summed E-state index contributed by atoms with van der Waals surface area (Å²) in [6.07, 6.45) is 1.58. The van der Waals surface area contributed by atoms with Gasteiger partial charge in [-0.1, -0.05) is 11.6 Å². The van der Waals surface area contributed by atoms with E-state index in [-0.39, 0.29) is 5.91 Å². The van der Waals surface area contributed by atoms with Gasteiger partial charge in [-0.05, 0) is 30.7 Å². The molecule has 0 radical (unpaired) electrons. The molecule has 0 aliphatic carbocycles. The first kappa shape index (κ1) is 12.4. The van der Waals surface area contributed by atoms with E-state index in [0.29, 0.717) is 22.9 Å². The Morgan fingerprint density at radius 1 is 1.50 bits per heavy atom. The average molecular weight is 265 g/mol. The minimum absolute atomic E-state index is 0.193. The number of hydrogen-bond acceptors (Lipinski definition) is 3. The lowest BCUT2D eigenvalue weighted by Gasteiger charge is -2.06. The number of benzene rings is 1. The molecule has 94 valence electrons. The van der Waals surface area contributed by atoms with Crippen molar-refractivity contribution in [2.75, 3.05) is 5.73 Å². The number of nitrogens with two attached hydrogens (primary N) is 1. The molecular weight excluding hydrogens is 252 g/mol. The van der Waals surface area contributed by atoms with Gasteiger partial charge in [-0.2, -0.15) is 5.10 Å². The highest BCUT2D eigenvalue weighted by molar-refractivity contribution is 6.31. The molecule has 4 N–H and O–H groups in total. The third-order valence-electron chi connectivity index (χ3n) is 2.50. The van der Waals surface area contributed by atoms with Crippen molar-refractivity contribution in [3.05, 3.63) is 46.1 Å². The third-order valence-corrected chi connectivity index (χ3v) is 2.71. The summed E-state index contributed by atoms with van der Waals surface area (Å²) in [5.74, 6) is 0.263. The van der Waals surface area contributed by atoms with Crippen LogP contribution in [0.25, 0.3) is 0 Å². The summed E-state index contributed by atoms with van der Waals surface area (Å²) in [5.41, 5.74) is 7.85. The van der Waals surface area contributed by atoms with Crippen molar-refractivity contribution in [2.24, 2.45) is 0 Å². The van der Waals surface area contributed by atoms with E-state index in [9.17, 15) is 4.79 Å². The van der Waals surface area contributed by atoms with E-state index in [4.69, 9.17) is 17.3 Å². The summed E-state index contributed by atoms with van der Waals surface area (Å²) in [6, 6.07) is 5.20. The van der Waals surface area contributed by atoms with Crippen molar-refractivity contribution in [3.63, 3.8) is 0 Å². The Bertz CT molecular complexity index is 559. The molecule has 6 heteroatoms. The average Bonchev–Trinajstić information content (AvgIpc) is 2.70. The number of nitrogens with one attached hydrogen (secondary N) is 2. The van der Waals surface area contributed by atoms with Crippen molar-refractivity contribution < 1.29 is 4.79 Å². The molecule has 1 heterocycles. The summed E-state index contributed by atoms with van der Waals surface area (Å²) in [7, 11) is 0. The molecule has 1 aromatic heterocycles. The molecular formula is C12H13ClN4O. The molecule has 2 rings (SSSR count). The van der Waals surface area contributed by atoms with Gasteiger partial charge in [-0.3, -0.25) is 9.89 Å². The molecule has 0 aliphatic rings. The predicted molar refractivity (Wildman–Crippen MR) is 70.4 cm³/mol. The van der Waals surface area contributed by atoms with E-state index in [0.717, 1.165) is 11.1 Å². The van der Waals surface area contributed by atoms with E-state index < -0.39 is 0 Å². The van der Waals surface area contributed by atoms with Crippen molar-refractivity contribution in [3.8, 4) is 0 Å². The molecule has 0 spiro atoms. The van der Waals surface area contributed by atoms with Gasteiger partial charge in [-0.25, -0.2) is 0 Å². The van der Waals surface area contributed by atoms with Gasteiger partial charge in [-0.15, -0.1) is 0 Å². The fourth-order valence-corrected chi connectivity index (χ4v) is 1.90. The maximum Gasteiger partial charge on any atom is 0.251 e. The Labute approximate surface area is 109 Å². The Kier molecular flexibility index (Phi) is 3.53. The van der Waals surface area contributed by atoms with E-state index in [1.165, 1.54) is 0 Å². The topological polar surface area (TPSA) is 83.8 Å². The van der Waals surface area contributed by atoms with E-state index >= 15 is 0 Å². The van der Waals surface area contributed by atoms with Crippen molar-refractivity contribution in [2.45, 2.75) is 13.5 Å². The number of rotatable bonds is 3. The first-order chi connectivity index (χ1) is 8.56. The first-order valence-electron chi connectivity index (χ1n) is 5.39. The minimum atomic E-state index is -0.193. The number of aryl methyl sites for hydroxylation is 1. The smallest absolute Gasteiger partial charge is 0.251 e. The van der Waals surface area contributed by atoms with Gasteiger partial charge in [0.1, 0.15) is 5.82 Å². The van der Waals surface area contributed by atoms with Crippen molar-refractivity contribution >= 4 is 23.3 Å². The quantitative estimate of drug-likeness (QED) is 0.791. The Morgan fingerprint density at radius 2 is 2.28 bits per heavy atom. The molecule has 0 fully saturated rings. The van der Waals surface area contributed by atoms with Crippen LogP contribution < -0.4 is 11.1 Å². The summed E-state index contributed by atoms with van der Waals surface area (Å²) >= 11 is 5.90. The maximum absolute atomic E-state index is 11.9. The zero-order valence-corrected chi connectivity index (χ0v) is 10.6. The summed E-state index contributed by atoms with van der Waals surface area (Å²) in [6.45, 7) is 2.21. The van der Waals surface area contributed by atoms with Gasteiger partial charge >= 0.3 is 0 Å². The molecule has 0 saturated carbocycles. The van der Waals surface area contributed by atoms with E-state index in [2.05, 4.69) is 15.5 Å². The Hall–Kier alpha value is -2.01. The van der Waals surface area contributed by atoms with Crippen LogP contribution in [0.3, 0.4) is 0 Å². The van der Waals surface area contributed by atoms with Crippen molar-refractivity contribution in [1.29, 1.82) is 0 Å². The Balaban J connectivity index is 2.06. The zero-order valence-electron chi connectivity index (χ0n) is 9.83. The lowest BCUT2D eigenvalue weighted by atomic mass is 10.1. The lowest BCUT2D eigenvalue weighted by molar-refractivity contribution is 0.0951. The number of nitrogens with zero attached hydrogens (tertiary/aromatic N) is 1. The van der Waals surface area contributed by atoms with Crippen LogP contribution >= 0.6 is 11.6 Å². The highest BCUT2D eigenvalue weighted by atomic mass is 35.5. The first-order valence-corrected chi connectivity index (χ1v) is 5.77. The molecule has 0 saturated heterocycles. The fourth-order valence-electron chi connectivity index (χ4n) is 1.61. The number of hydrogen-bond donors (Lipinski definition) is 3. The molecule has 1 aromatic carbocycles. The zero-order chi connectivity index (χ0) is 13.1. The van der Waals surface area contributed by atoms with E-state index in [1.807, 2.05) is 6.92 Å². The fraction of sp³-hybridized carbons (Fsp3) is 0.167. The molecule has 0 aliphatic heterocycles. The number of aromatic nitrogens is 2. The van der Waals surface area contributed by atoms with Crippen LogP contribution in [0.4, 0.5) is 5.82 Å². The minimum Gasteiger partial charge on any atom is -0.384 e. The van der Waals surface area contributed by atoms with Gasteiger partial charge in [0, 0.05) is 22.7 Å². The van der Waals surface area contributed by atoms with Crippen LogP contribution in [0, 0.1) is 6.92 Å². The number of amides is 1. The lowest BCUT2D eigenvalue weighted by Crippen LogP contribution is -2.23. The summed E-state index contributed by atoms with van der Waals surface area (Å²) < 4.78 is 0. The van der Waals surface area contributed by atoms with Crippen LogP contribution in [-0.4, -0.2) is 16.1 Å². The normalized spacial score (nSPS) is 10.3.